The topological polar surface area (TPSA) is 58.8 Å². The van der Waals surface area contributed by atoms with Gasteiger partial charge >= 0.3 is 5.97 Å². The lowest BCUT2D eigenvalue weighted by Crippen LogP contribution is -2.51. The van der Waals surface area contributed by atoms with Crippen LogP contribution in [0.1, 0.15) is 34.1 Å². The van der Waals surface area contributed by atoms with Crippen LogP contribution in [0.25, 0.3) is 0 Å². The fraction of sp³-hybridized carbons (Fsp3) is 0.933. The van der Waals surface area contributed by atoms with Crippen molar-refractivity contribution in [2.75, 3.05) is 33.8 Å². The Morgan fingerprint density at radius 1 is 1.50 bits per heavy atom. The van der Waals surface area contributed by atoms with E-state index in [1.54, 1.807) is 13.8 Å². The van der Waals surface area contributed by atoms with Crippen LogP contribution >= 0.6 is 0 Å². The number of carbonyl (C=O) groups is 1. The highest BCUT2D eigenvalue weighted by molar-refractivity contribution is 5.80. The molecule has 1 aliphatic rings. The molecular formula is C15H31N3O2. The number of esters is 1. The predicted molar refractivity (Wildman–Crippen MR) is 81.5 cm³/mol. The van der Waals surface area contributed by atoms with E-state index in [0.29, 0.717) is 25.0 Å². The van der Waals surface area contributed by atoms with Crippen molar-refractivity contribution in [2.24, 2.45) is 11.7 Å². The maximum absolute atomic E-state index is 11.9. The summed E-state index contributed by atoms with van der Waals surface area (Å²) in [5.41, 5.74) is 5.22. The van der Waals surface area contributed by atoms with Crippen molar-refractivity contribution < 1.29 is 9.53 Å². The maximum Gasteiger partial charge on any atom is 0.325 e. The minimum atomic E-state index is -0.908. The number of ether oxygens (including phenoxy) is 1. The third-order valence-electron chi connectivity index (χ3n) is 4.35. The van der Waals surface area contributed by atoms with E-state index in [4.69, 9.17) is 10.5 Å². The number of hydrogen-bond acceptors (Lipinski definition) is 5. The van der Waals surface area contributed by atoms with Gasteiger partial charge in [-0.3, -0.25) is 9.69 Å². The zero-order chi connectivity index (χ0) is 15.5. The highest BCUT2D eigenvalue weighted by atomic mass is 16.5. The first-order valence-corrected chi connectivity index (χ1v) is 7.55. The van der Waals surface area contributed by atoms with Crippen molar-refractivity contribution in [1.29, 1.82) is 0 Å². The van der Waals surface area contributed by atoms with Crippen molar-refractivity contribution in [3.05, 3.63) is 0 Å². The summed E-state index contributed by atoms with van der Waals surface area (Å²) >= 11 is 0. The number of likely N-dealkylation sites (N-methyl/N-ethyl adjacent to an activating group) is 1. The predicted octanol–water partition coefficient (Wildman–Crippen LogP) is 0.927. The molecule has 0 aliphatic carbocycles. The van der Waals surface area contributed by atoms with Gasteiger partial charge in [-0.15, -0.1) is 0 Å². The van der Waals surface area contributed by atoms with Crippen LogP contribution in [0.4, 0.5) is 0 Å². The quantitative estimate of drug-likeness (QED) is 0.736. The average Bonchev–Trinajstić information content (AvgIpc) is 2.71. The minimum Gasteiger partial charge on any atom is -0.465 e. The number of rotatable bonds is 6. The molecule has 1 saturated heterocycles. The van der Waals surface area contributed by atoms with E-state index in [1.165, 1.54) is 0 Å². The summed E-state index contributed by atoms with van der Waals surface area (Å²) in [7, 11) is 4.25. The Bertz CT molecular complexity index is 331. The molecule has 0 spiro atoms. The lowest BCUT2D eigenvalue weighted by molar-refractivity contribution is -0.149. The fourth-order valence-electron chi connectivity index (χ4n) is 3.14. The van der Waals surface area contributed by atoms with Crippen LogP contribution in [0, 0.1) is 5.92 Å². The van der Waals surface area contributed by atoms with Gasteiger partial charge in [-0.05, 0) is 47.2 Å². The number of likely N-dealkylation sites (tertiary alicyclic amines) is 1. The Morgan fingerprint density at radius 3 is 2.55 bits per heavy atom. The third-order valence-corrected chi connectivity index (χ3v) is 4.35. The smallest absolute Gasteiger partial charge is 0.325 e. The number of carbonyl (C=O) groups excluding carboxylic acids is 1. The van der Waals surface area contributed by atoms with Crippen LogP contribution in [0.5, 0.6) is 0 Å². The molecular weight excluding hydrogens is 254 g/mol. The Hall–Kier alpha value is -0.650. The molecule has 1 rings (SSSR count). The lowest BCUT2D eigenvalue weighted by Gasteiger charge is -2.31. The first-order chi connectivity index (χ1) is 9.19. The van der Waals surface area contributed by atoms with Crippen molar-refractivity contribution in [1.82, 2.24) is 9.80 Å². The lowest BCUT2D eigenvalue weighted by atomic mass is 9.94. The van der Waals surface area contributed by atoms with Crippen molar-refractivity contribution in [3.8, 4) is 0 Å². The average molecular weight is 285 g/mol. The van der Waals surface area contributed by atoms with Gasteiger partial charge in [0.2, 0.25) is 0 Å². The van der Waals surface area contributed by atoms with Gasteiger partial charge in [0.1, 0.15) is 5.54 Å². The molecule has 0 amide bonds. The standard InChI is InChI=1S/C15H31N3O2/c1-7-20-14(19)15(4,16)8-12(3)18-9-11(2)13(10-18)17(5)6/h11-13H,7-10,16H2,1-6H3. The molecule has 1 heterocycles. The van der Waals surface area contributed by atoms with E-state index in [9.17, 15) is 4.79 Å². The third kappa shape index (κ3) is 4.17. The molecule has 118 valence electrons. The number of nitrogens with two attached hydrogens (primary N) is 1. The molecule has 20 heavy (non-hydrogen) atoms. The Morgan fingerprint density at radius 2 is 2.10 bits per heavy atom. The van der Waals surface area contributed by atoms with Crippen molar-refractivity contribution in [3.63, 3.8) is 0 Å². The molecule has 1 aliphatic heterocycles. The minimum absolute atomic E-state index is 0.279. The van der Waals surface area contributed by atoms with Crippen molar-refractivity contribution >= 4 is 5.97 Å². The molecule has 5 heteroatoms. The normalized spacial score (nSPS) is 28.4. The van der Waals surface area contributed by atoms with E-state index in [1.807, 2.05) is 0 Å². The highest BCUT2D eigenvalue weighted by Crippen LogP contribution is 2.25. The van der Waals surface area contributed by atoms with E-state index in [-0.39, 0.29) is 12.0 Å². The second kappa shape index (κ2) is 6.87. The molecule has 5 nitrogen and oxygen atoms in total. The Balaban J connectivity index is 2.59. The molecule has 0 aromatic heterocycles. The molecule has 0 radical (unpaired) electrons. The zero-order valence-corrected chi connectivity index (χ0v) is 13.8. The van der Waals surface area contributed by atoms with Crippen LogP contribution < -0.4 is 5.73 Å². The summed E-state index contributed by atoms with van der Waals surface area (Å²) in [5.74, 6) is 0.335. The molecule has 0 bridgehead atoms. The second-order valence-electron chi connectivity index (χ2n) is 6.65. The molecule has 4 atom stereocenters. The van der Waals surface area contributed by atoms with Gasteiger partial charge in [0.25, 0.3) is 0 Å². The summed E-state index contributed by atoms with van der Waals surface area (Å²) in [6.07, 6.45) is 0.624. The van der Waals surface area contributed by atoms with Crippen LogP contribution in [0.15, 0.2) is 0 Å². The fourth-order valence-corrected chi connectivity index (χ4v) is 3.14. The maximum atomic E-state index is 11.9. The first kappa shape index (κ1) is 17.4. The number of hydrogen-bond donors (Lipinski definition) is 1. The second-order valence-corrected chi connectivity index (χ2v) is 6.65. The van der Waals surface area contributed by atoms with Gasteiger partial charge < -0.3 is 15.4 Å². The van der Waals surface area contributed by atoms with Gasteiger partial charge in [-0.1, -0.05) is 6.92 Å². The zero-order valence-electron chi connectivity index (χ0n) is 13.8. The Kier molecular flexibility index (Phi) is 5.98. The molecule has 0 saturated carbocycles. The van der Waals surface area contributed by atoms with E-state index in [2.05, 4.69) is 37.7 Å². The van der Waals surface area contributed by atoms with Crippen LogP contribution in [0.2, 0.25) is 0 Å². The largest absolute Gasteiger partial charge is 0.465 e. The summed E-state index contributed by atoms with van der Waals surface area (Å²) < 4.78 is 5.06. The van der Waals surface area contributed by atoms with Gasteiger partial charge in [-0.2, -0.15) is 0 Å². The molecule has 2 N–H and O–H groups in total. The van der Waals surface area contributed by atoms with Gasteiger partial charge in [0.15, 0.2) is 0 Å². The summed E-state index contributed by atoms with van der Waals surface area (Å²) in [6.45, 7) is 10.5. The number of nitrogens with zero attached hydrogens (tertiary/aromatic N) is 2. The summed E-state index contributed by atoms with van der Waals surface area (Å²) in [6, 6.07) is 0.853. The van der Waals surface area contributed by atoms with E-state index in [0.717, 1.165) is 13.1 Å². The molecule has 0 aromatic rings. The van der Waals surface area contributed by atoms with Crippen LogP contribution in [-0.4, -0.2) is 67.2 Å². The first-order valence-electron chi connectivity index (χ1n) is 7.55. The van der Waals surface area contributed by atoms with Gasteiger partial charge in [0.05, 0.1) is 6.61 Å². The van der Waals surface area contributed by atoms with Crippen molar-refractivity contribution in [2.45, 2.75) is 51.7 Å². The highest BCUT2D eigenvalue weighted by Gasteiger charge is 2.38. The van der Waals surface area contributed by atoms with E-state index >= 15 is 0 Å². The van der Waals surface area contributed by atoms with Gasteiger partial charge in [0, 0.05) is 25.2 Å². The van der Waals surface area contributed by atoms with Crippen LogP contribution in [0.3, 0.4) is 0 Å². The summed E-state index contributed by atoms with van der Waals surface area (Å²) in [5, 5.41) is 0. The van der Waals surface area contributed by atoms with E-state index < -0.39 is 5.54 Å². The van der Waals surface area contributed by atoms with Crippen LogP contribution in [-0.2, 0) is 9.53 Å². The molecule has 0 aromatic carbocycles. The monoisotopic (exact) mass is 285 g/mol. The molecule has 1 fully saturated rings. The Labute approximate surface area is 123 Å². The SMILES string of the molecule is CCOC(=O)C(C)(N)CC(C)N1CC(C)C(N(C)C)C1. The molecule has 4 unspecified atom stereocenters. The van der Waals surface area contributed by atoms with Gasteiger partial charge in [-0.25, -0.2) is 0 Å². The summed E-state index contributed by atoms with van der Waals surface area (Å²) in [4.78, 5) is 16.6.